The molecule has 2 aliphatic rings. The Morgan fingerprint density at radius 1 is 1.45 bits per heavy atom. The summed E-state index contributed by atoms with van der Waals surface area (Å²) in [6, 6.07) is 0.0149. The van der Waals surface area contributed by atoms with Gasteiger partial charge in [-0.25, -0.2) is 0 Å². The lowest BCUT2D eigenvalue weighted by molar-refractivity contribution is -0.123. The Balaban J connectivity index is 1.43. The third-order valence-electron chi connectivity index (χ3n) is 4.47. The Kier molecular flexibility index (Phi) is 5.04. The molecule has 7 heteroatoms. The SMILES string of the molecule is Cc1noc(CN2CCCC(CNC(=O)C3CCCN3)C2)n1. The lowest BCUT2D eigenvalue weighted by atomic mass is 9.98. The maximum Gasteiger partial charge on any atom is 0.240 e. The van der Waals surface area contributed by atoms with Gasteiger partial charge < -0.3 is 15.2 Å². The van der Waals surface area contributed by atoms with Gasteiger partial charge in [0.25, 0.3) is 0 Å². The molecule has 3 rings (SSSR count). The van der Waals surface area contributed by atoms with Gasteiger partial charge in [0.05, 0.1) is 12.6 Å². The number of amides is 1. The molecule has 0 spiro atoms. The number of rotatable bonds is 5. The standard InChI is InChI=1S/C15H25N5O2/c1-11-18-14(22-19-11)10-20-7-3-4-12(9-20)8-17-15(21)13-5-2-6-16-13/h12-13,16H,2-10H2,1H3,(H,17,21). The first-order valence-corrected chi connectivity index (χ1v) is 8.23. The number of piperidine rings is 1. The Morgan fingerprint density at radius 2 is 2.36 bits per heavy atom. The van der Waals surface area contributed by atoms with Crippen LogP contribution in [-0.4, -0.2) is 53.2 Å². The fourth-order valence-electron chi connectivity index (χ4n) is 3.33. The molecule has 0 saturated carbocycles. The van der Waals surface area contributed by atoms with E-state index < -0.39 is 0 Å². The second kappa shape index (κ2) is 7.19. The molecule has 3 heterocycles. The molecule has 0 bridgehead atoms. The van der Waals surface area contributed by atoms with Crippen LogP contribution in [0.3, 0.4) is 0 Å². The zero-order valence-corrected chi connectivity index (χ0v) is 13.2. The molecule has 22 heavy (non-hydrogen) atoms. The van der Waals surface area contributed by atoms with Gasteiger partial charge in [0.2, 0.25) is 11.8 Å². The fraction of sp³-hybridized carbons (Fsp3) is 0.800. The van der Waals surface area contributed by atoms with Gasteiger partial charge >= 0.3 is 0 Å². The third kappa shape index (κ3) is 4.04. The maximum absolute atomic E-state index is 12.0. The number of likely N-dealkylation sites (tertiary alicyclic amines) is 1. The van der Waals surface area contributed by atoms with Crippen molar-refractivity contribution in [2.75, 3.05) is 26.2 Å². The van der Waals surface area contributed by atoms with E-state index in [1.165, 1.54) is 0 Å². The van der Waals surface area contributed by atoms with Crippen LogP contribution in [0.15, 0.2) is 4.52 Å². The molecule has 2 N–H and O–H groups in total. The Labute approximate surface area is 130 Å². The van der Waals surface area contributed by atoms with Crippen molar-refractivity contribution in [1.82, 2.24) is 25.7 Å². The van der Waals surface area contributed by atoms with E-state index in [9.17, 15) is 4.79 Å². The molecular formula is C15H25N5O2. The number of hydrogen-bond donors (Lipinski definition) is 2. The highest BCUT2D eigenvalue weighted by Crippen LogP contribution is 2.18. The lowest BCUT2D eigenvalue weighted by Gasteiger charge is -2.32. The normalized spacial score (nSPS) is 26.2. The average Bonchev–Trinajstić information content (AvgIpc) is 3.17. The molecule has 0 aromatic carbocycles. The summed E-state index contributed by atoms with van der Waals surface area (Å²) in [5, 5.41) is 10.2. The summed E-state index contributed by atoms with van der Waals surface area (Å²) < 4.78 is 5.19. The van der Waals surface area contributed by atoms with Crippen molar-refractivity contribution in [2.24, 2.45) is 5.92 Å². The van der Waals surface area contributed by atoms with Crippen molar-refractivity contribution >= 4 is 5.91 Å². The highest BCUT2D eigenvalue weighted by Gasteiger charge is 2.25. The average molecular weight is 307 g/mol. The first-order valence-electron chi connectivity index (χ1n) is 8.23. The van der Waals surface area contributed by atoms with E-state index in [4.69, 9.17) is 4.52 Å². The van der Waals surface area contributed by atoms with Gasteiger partial charge in [-0.3, -0.25) is 9.69 Å². The van der Waals surface area contributed by atoms with Crippen LogP contribution in [0.1, 0.15) is 37.4 Å². The molecule has 1 aromatic heterocycles. The van der Waals surface area contributed by atoms with Crippen molar-refractivity contribution in [1.29, 1.82) is 0 Å². The van der Waals surface area contributed by atoms with Crippen molar-refractivity contribution in [3.63, 3.8) is 0 Å². The monoisotopic (exact) mass is 307 g/mol. The summed E-state index contributed by atoms with van der Waals surface area (Å²) in [5.74, 6) is 2.02. The molecule has 0 radical (unpaired) electrons. The van der Waals surface area contributed by atoms with Gasteiger partial charge in [0.1, 0.15) is 0 Å². The summed E-state index contributed by atoms with van der Waals surface area (Å²) in [7, 11) is 0. The Bertz CT molecular complexity index is 498. The molecule has 7 nitrogen and oxygen atoms in total. The minimum atomic E-state index is 0.0149. The van der Waals surface area contributed by atoms with Crippen molar-refractivity contribution in [3.8, 4) is 0 Å². The summed E-state index contributed by atoms with van der Waals surface area (Å²) in [5.41, 5.74) is 0. The number of carbonyl (C=O) groups excluding carboxylic acids is 1. The number of carbonyl (C=O) groups is 1. The van der Waals surface area contributed by atoms with Crippen molar-refractivity contribution in [3.05, 3.63) is 11.7 Å². The smallest absolute Gasteiger partial charge is 0.240 e. The lowest BCUT2D eigenvalue weighted by Crippen LogP contribution is -2.45. The zero-order valence-electron chi connectivity index (χ0n) is 13.2. The van der Waals surface area contributed by atoms with Crippen LogP contribution in [-0.2, 0) is 11.3 Å². The van der Waals surface area contributed by atoms with Gasteiger partial charge in [-0.2, -0.15) is 4.98 Å². The van der Waals surface area contributed by atoms with Crippen LogP contribution in [0.4, 0.5) is 0 Å². The molecule has 122 valence electrons. The van der Waals surface area contributed by atoms with E-state index >= 15 is 0 Å². The second-order valence-corrected chi connectivity index (χ2v) is 6.37. The first-order chi connectivity index (χ1) is 10.7. The van der Waals surface area contributed by atoms with Gasteiger partial charge in [0, 0.05) is 13.1 Å². The van der Waals surface area contributed by atoms with Crippen LogP contribution >= 0.6 is 0 Å². The first kappa shape index (κ1) is 15.4. The number of hydrogen-bond acceptors (Lipinski definition) is 6. The Hall–Kier alpha value is -1.47. The third-order valence-corrected chi connectivity index (χ3v) is 4.47. The van der Waals surface area contributed by atoms with Gasteiger partial charge in [-0.15, -0.1) is 0 Å². The number of nitrogens with zero attached hydrogens (tertiary/aromatic N) is 3. The topological polar surface area (TPSA) is 83.3 Å². The van der Waals surface area contributed by atoms with Gasteiger partial charge in [-0.05, 0) is 51.6 Å². The molecule has 2 atom stereocenters. The van der Waals surface area contributed by atoms with E-state index in [0.29, 0.717) is 24.2 Å². The van der Waals surface area contributed by atoms with Crippen molar-refractivity contribution < 1.29 is 9.32 Å². The Morgan fingerprint density at radius 3 is 3.09 bits per heavy atom. The summed E-state index contributed by atoms with van der Waals surface area (Å²) in [4.78, 5) is 18.6. The summed E-state index contributed by atoms with van der Waals surface area (Å²) >= 11 is 0. The molecule has 1 aromatic rings. The quantitative estimate of drug-likeness (QED) is 0.822. The highest BCUT2D eigenvalue weighted by molar-refractivity contribution is 5.81. The molecule has 2 unspecified atom stereocenters. The maximum atomic E-state index is 12.0. The molecule has 1 amide bonds. The molecule has 0 aliphatic carbocycles. The van der Waals surface area contributed by atoms with E-state index in [2.05, 4.69) is 25.7 Å². The predicted molar refractivity (Wildman–Crippen MR) is 81.1 cm³/mol. The predicted octanol–water partition coefficient (Wildman–Crippen LogP) is 0.458. The molecule has 2 fully saturated rings. The second-order valence-electron chi connectivity index (χ2n) is 6.37. The fourth-order valence-corrected chi connectivity index (χ4v) is 3.33. The van der Waals surface area contributed by atoms with Gasteiger partial charge in [-0.1, -0.05) is 5.16 Å². The number of aromatic nitrogens is 2. The summed E-state index contributed by atoms with van der Waals surface area (Å²) in [6.45, 7) is 6.28. The van der Waals surface area contributed by atoms with Crippen LogP contribution < -0.4 is 10.6 Å². The van der Waals surface area contributed by atoms with Crippen LogP contribution in [0, 0.1) is 12.8 Å². The highest BCUT2D eigenvalue weighted by atomic mass is 16.5. The van der Waals surface area contributed by atoms with Gasteiger partial charge in [0.15, 0.2) is 5.82 Å². The molecule has 2 saturated heterocycles. The largest absolute Gasteiger partial charge is 0.354 e. The van der Waals surface area contributed by atoms with E-state index in [1.807, 2.05) is 6.92 Å². The van der Waals surface area contributed by atoms with E-state index in [-0.39, 0.29) is 11.9 Å². The zero-order chi connectivity index (χ0) is 15.4. The number of nitrogens with one attached hydrogen (secondary N) is 2. The van der Waals surface area contributed by atoms with E-state index in [1.54, 1.807) is 0 Å². The van der Waals surface area contributed by atoms with Crippen molar-refractivity contribution in [2.45, 2.75) is 45.2 Å². The van der Waals surface area contributed by atoms with Crippen LogP contribution in [0.5, 0.6) is 0 Å². The van der Waals surface area contributed by atoms with Crippen LogP contribution in [0.2, 0.25) is 0 Å². The van der Waals surface area contributed by atoms with Crippen LogP contribution in [0.25, 0.3) is 0 Å². The summed E-state index contributed by atoms with van der Waals surface area (Å²) in [6.07, 6.45) is 4.37. The number of aryl methyl sites for hydroxylation is 1. The van der Waals surface area contributed by atoms with E-state index in [0.717, 1.165) is 51.9 Å². The molecule has 2 aliphatic heterocycles. The minimum Gasteiger partial charge on any atom is -0.354 e. The minimum absolute atomic E-state index is 0.0149. The molecular weight excluding hydrogens is 282 g/mol.